The average Bonchev–Trinajstić information content (AvgIpc) is 2.90. The highest BCUT2D eigenvalue weighted by atomic mass is 16.3. The smallest absolute Gasteiger partial charge is 0.196 e. The van der Waals surface area contributed by atoms with Gasteiger partial charge in [-0.3, -0.25) is 9.78 Å². The van der Waals surface area contributed by atoms with Crippen LogP contribution in [0, 0.1) is 6.92 Å². The highest BCUT2D eigenvalue weighted by Crippen LogP contribution is 2.21. The van der Waals surface area contributed by atoms with Crippen LogP contribution in [0.4, 0.5) is 0 Å². The van der Waals surface area contributed by atoms with Gasteiger partial charge in [-0.15, -0.1) is 0 Å². The first-order valence-electron chi connectivity index (χ1n) is 5.69. The molecule has 1 aromatic carbocycles. The van der Waals surface area contributed by atoms with Crippen molar-refractivity contribution in [1.82, 2.24) is 4.98 Å². The summed E-state index contributed by atoms with van der Waals surface area (Å²) in [5.74, 6) is -0.0366. The number of rotatable bonds is 2. The van der Waals surface area contributed by atoms with Gasteiger partial charge in [0.15, 0.2) is 5.78 Å². The Morgan fingerprint density at radius 3 is 2.83 bits per heavy atom. The maximum Gasteiger partial charge on any atom is 0.196 e. The number of nitrogens with zero attached hydrogens (tertiary/aromatic N) is 1. The van der Waals surface area contributed by atoms with Crippen molar-refractivity contribution in [3.63, 3.8) is 0 Å². The number of furan rings is 1. The molecule has 0 aliphatic rings. The number of fused-ring (bicyclic) bond motifs is 1. The lowest BCUT2D eigenvalue weighted by Gasteiger charge is -2.05. The molecule has 2 aromatic heterocycles. The van der Waals surface area contributed by atoms with E-state index in [1.54, 1.807) is 6.07 Å². The fraction of sp³-hybridized carbons (Fsp3) is 0.0667. The molecule has 18 heavy (non-hydrogen) atoms. The Morgan fingerprint density at radius 1 is 1.22 bits per heavy atom. The quantitative estimate of drug-likeness (QED) is 0.642. The van der Waals surface area contributed by atoms with E-state index in [0.717, 1.165) is 16.6 Å². The lowest BCUT2D eigenvalue weighted by atomic mass is 10.0. The molecule has 0 aliphatic heterocycles. The van der Waals surface area contributed by atoms with Crippen molar-refractivity contribution in [2.75, 3.05) is 0 Å². The van der Waals surface area contributed by atoms with Crippen molar-refractivity contribution in [1.29, 1.82) is 0 Å². The molecule has 3 rings (SSSR count). The van der Waals surface area contributed by atoms with Gasteiger partial charge in [-0.1, -0.05) is 18.2 Å². The number of aromatic nitrogens is 1. The standard InChI is InChI=1S/C15H11NO2/c1-10-8-13(15(17)11-6-7-18-9-11)12-4-2-3-5-14(12)16-10/h2-9H,1H3. The molecule has 0 aliphatic carbocycles. The van der Waals surface area contributed by atoms with E-state index in [9.17, 15) is 4.79 Å². The van der Waals surface area contributed by atoms with Crippen LogP contribution in [-0.4, -0.2) is 10.8 Å². The van der Waals surface area contributed by atoms with Crippen LogP contribution in [0.5, 0.6) is 0 Å². The van der Waals surface area contributed by atoms with Gasteiger partial charge >= 0.3 is 0 Å². The minimum atomic E-state index is -0.0366. The summed E-state index contributed by atoms with van der Waals surface area (Å²) in [5, 5.41) is 0.870. The first-order valence-corrected chi connectivity index (χ1v) is 5.69. The van der Waals surface area contributed by atoms with E-state index >= 15 is 0 Å². The number of pyridine rings is 1. The zero-order chi connectivity index (χ0) is 12.5. The largest absolute Gasteiger partial charge is 0.472 e. The van der Waals surface area contributed by atoms with E-state index < -0.39 is 0 Å². The van der Waals surface area contributed by atoms with Crippen LogP contribution in [0.3, 0.4) is 0 Å². The Labute approximate surface area is 104 Å². The fourth-order valence-corrected chi connectivity index (χ4v) is 2.04. The number of benzene rings is 1. The van der Waals surface area contributed by atoms with Crippen molar-refractivity contribution >= 4 is 16.7 Å². The van der Waals surface area contributed by atoms with Gasteiger partial charge in [0.1, 0.15) is 6.26 Å². The van der Waals surface area contributed by atoms with Crippen LogP contribution in [0.15, 0.2) is 53.3 Å². The molecule has 0 bridgehead atoms. The zero-order valence-corrected chi connectivity index (χ0v) is 9.88. The van der Waals surface area contributed by atoms with E-state index in [1.807, 2.05) is 37.3 Å². The topological polar surface area (TPSA) is 43.1 Å². The second-order valence-corrected chi connectivity index (χ2v) is 4.17. The zero-order valence-electron chi connectivity index (χ0n) is 9.88. The summed E-state index contributed by atoms with van der Waals surface area (Å²) in [6, 6.07) is 11.1. The van der Waals surface area contributed by atoms with Gasteiger partial charge in [-0.25, -0.2) is 0 Å². The first kappa shape index (κ1) is 10.7. The second kappa shape index (κ2) is 4.11. The predicted molar refractivity (Wildman–Crippen MR) is 68.6 cm³/mol. The third-order valence-electron chi connectivity index (χ3n) is 2.87. The summed E-state index contributed by atoms with van der Waals surface area (Å²) in [6.07, 6.45) is 2.97. The lowest BCUT2D eigenvalue weighted by Crippen LogP contribution is -2.02. The fourth-order valence-electron chi connectivity index (χ4n) is 2.04. The lowest BCUT2D eigenvalue weighted by molar-refractivity contribution is 0.103. The molecule has 0 spiro atoms. The minimum Gasteiger partial charge on any atom is -0.472 e. The molecule has 3 nitrogen and oxygen atoms in total. The van der Waals surface area contributed by atoms with Crippen molar-refractivity contribution in [3.05, 3.63) is 65.7 Å². The van der Waals surface area contributed by atoms with E-state index in [2.05, 4.69) is 4.98 Å². The monoisotopic (exact) mass is 237 g/mol. The van der Waals surface area contributed by atoms with Crippen LogP contribution in [-0.2, 0) is 0 Å². The SMILES string of the molecule is Cc1cc(C(=O)c2ccoc2)c2ccccc2n1. The van der Waals surface area contributed by atoms with Crippen LogP contribution in [0.25, 0.3) is 10.9 Å². The minimum absolute atomic E-state index is 0.0366. The van der Waals surface area contributed by atoms with Gasteiger partial charge in [-0.2, -0.15) is 0 Å². The number of hydrogen-bond donors (Lipinski definition) is 0. The summed E-state index contributed by atoms with van der Waals surface area (Å²) >= 11 is 0. The van der Waals surface area contributed by atoms with Gasteiger partial charge < -0.3 is 4.42 Å². The molecular weight excluding hydrogens is 226 g/mol. The maximum absolute atomic E-state index is 12.4. The van der Waals surface area contributed by atoms with Gasteiger partial charge in [0, 0.05) is 16.6 Å². The molecule has 88 valence electrons. The highest BCUT2D eigenvalue weighted by Gasteiger charge is 2.14. The molecule has 0 fully saturated rings. The van der Waals surface area contributed by atoms with Crippen molar-refractivity contribution in [3.8, 4) is 0 Å². The number of carbonyl (C=O) groups excluding carboxylic acids is 1. The molecule has 3 aromatic rings. The molecule has 0 saturated heterocycles. The normalized spacial score (nSPS) is 10.7. The number of carbonyl (C=O) groups is 1. The van der Waals surface area contributed by atoms with E-state index in [-0.39, 0.29) is 5.78 Å². The van der Waals surface area contributed by atoms with Crippen molar-refractivity contribution in [2.24, 2.45) is 0 Å². The van der Waals surface area contributed by atoms with Crippen molar-refractivity contribution < 1.29 is 9.21 Å². The summed E-state index contributed by atoms with van der Waals surface area (Å²) < 4.78 is 4.96. The molecule has 0 saturated carbocycles. The Balaban J connectivity index is 2.25. The Morgan fingerprint density at radius 2 is 2.06 bits per heavy atom. The summed E-state index contributed by atoms with van der Waals surface area (Å²) in [5.41, 5.74) is 2.90. The Kier molecular flexibility index (Phi) is 2.45. The van der Waals surface area contributed by atoms with E-state index in [1.165, 1.54) is 12.5 Å². The number of aryl methyl sites for hydroxylation is 1. The number of ketones is 1. The van der Waals surface area contributed by atoms with Crippen LogP contribution in [0.2, 0.25) is 0 Å². The molecular formula is C15H11NO2. The van der Waals surface area contributed by atoms with E-state index in [0.29, 0.717) is 11.1 Å². The number of para-hydroxylation sites is 1. The van der Waals surface area contributed by atoms with Crippen LogP contribution < -0.4 is 0 Å². The molecule has 0 atom stereocenters. The highest BCUT2D eigenvalue weighted by molar-refractivity contribution is 6.15. The third-order valence-corrected chi connectivity index (χ3v) is 2.87. The number of hydrogen-bond acceptors (Lipinski definition) is 3. The van der Waals surface area contributed by atoms with E-state index in [4.69, 9.17) is 4.42 Å². The Hall–Kier alpha value is -2.42. The summed E-state index contributed by atoms with van der Waals surface area (Å²) in [7, 11) is 0. The molecule has 0 radical (unpaired) electrons. The van der Waals surface area contributed by atoms with Gasteiger partial charge in [0.2, 0.25) is 0 Å². The maximum atomic E-state index is 12.4. The summed E-state index contributed by atoms with van der Waals surface area (Å²) in [4.78, 5) is 16.8. The molecule has 2 heterocycles. The van der Waals surface area contributed by atoms with Crippen LogP contribution >= 0.6 is 0 Å². The predicted octanol–water partition coefficient (Wildman–Crippen LogP) is 3.37. The second-order valence-electron chi connectivity index (χ2n) is 4.17. The van der Waals surface area contributed by atoms with Crippen LogP contribution in [0.1, 0.15) is 21.6 Å². The third kappa shape index (κ3) is 1.70. The Bertz CT molecular complexity index is 714. The molecule has 0 N–H and O–H groups in total. The van der Waals surface area contributed by atoms with Gasteiger partial charge in [-0.05, 0) is 25.1 Å². The average molecular weight is 237 g/mol. The van der Waals surface area contributed by atoms with Gasteiger partial charge in [0.25, 0.3) is 0 Å². The molecule has 0 unspecified atom stereocenters. The molecule has 0 amide bonds. The van der Waals surface area contributed by atoms with Gasteiger partial charge in [0.05, 0.1) is 17.3 Å². The molecule has 3 heteroatoms. The first-order chi connectivity index (χ1) is 8.75. The summed E-state index contributed by atoms with van der Waals surface area (Å²) in [6.45, 7) is 1.89. The van der Waals surface area contributed by atoms with Crippen molar-refractivity contribution in [2.45, 2.75) is 6.92 Å².